The summed E-state index contributed by atoms with van der Waals surface area (Å²) in [7, 11) is 0. The Kier molecular flexibility index (Phi) is 3.59. The third-order valence-electron chi connectivity index (χ3n) is 2.74. The maximum Gasteiger partial charge on any atom is 0.351 e. The molecule has 9 heteroatoms. The zero-order valence-electron chi connectivity index (χ0n) is 9.17. The van der Waals surface area contributed by atoms with Crippen LogP contribution in [0.3, 0.4) is 0 Å². The van der Waals surface area contributed by atoms with Crippen LogP contribution in [0.1, 0.15) is 6.23 Å². The topological polar surface area (TPSA) is 137 Å². The lowest BCUT2D eigenvalue weighted by atomic mass is 10.1. The molecule has 9 nitrogen and oxygen atoms in total. The Morgan fingerprint density at radius 2 is 2.17 bits per heavy atom. The number of aliphatic hydroxyl groups is 3. The molecule has 0 spiro atoms. The molecular weight excluding hydrogens is 246 g/mol. The summed E-state index contributed by atoms with van der Waals surface area (Å²) in [6.45, 7) is -0.479. The normalized spacial score (nSPS) is 31.6. The molecule has 0 radical (unpaired) electrons. The standard InChI is InChI=1S/C9H13N3O6/c13-3-4-6(14)7(15)8(18-4)12-2-1-5(11-17)10-9(12)16/h1-2,4,6-8,13-15,17H,3H2,(H,10,11,16)/t4-,6-,7+,8?/m1/s1. The van der Waals surface area contributed by atoms with E-state index < -0.39 is 36.8 Å². The van der Waals surface area contributed by atoms with Crippen molar-refractivity contribution in [1.29, 1.82) is 0 Å². The number of ether oxygens (including phenoxy) is 1. The monoisotopic (exact) mass is 259 g/mol. The molecule has 1 saturated heterocycles. The van der Waals surface area contributed by atoms with E-state index in [4.69, 9.17) is 15.1 Å². The fourth-order valence-electron chi connectivity index (χ4n) is 1.78. The van der Waals surface area contributed by atoms with Gasteiger partial charge in [-0.25, -0.2) is 4.79 Å². The van der Waals surface area contributed by atoms with E-state index in [2.05, 4.69) is 4.98 Å². The SMILES string of the molecule is O=c1nc(NO)ccn1C1O[C@H](CO)[C@@H](O)[C@@H]1O. The second-order valence-electron chi connectivity index (χ2n) is 3.84. The second kappa shape index (κ2) is 5.00. The lowest BCUT2D eigenvalue weighted by Gasteiger charge is -2.16. The van der Waals surface area contributed by atoms with Crippen molar-refractivity contribution in [3.8, 4) is 0 Å². The molecule has 100 valence electrons. The highest BCUT2D eigenvalue weighted by Gasteiger charge is 2.43. The Hall–Kier alpha value is -1.52. The highest BCUT2D eigenvalue weighted by molar-refractivity contribution is 5.28. The van der Waals surface area contributed by atoms with Crippen molar-refractivity contribution in [3.63, 3.8) is 0 Å². The van der Waals surface area contributed by atoms with Gasteiger partial charge in [0.15, 0.2) is 12.0 Å². The summed E-state index contributed by atoms with van der Waals surface area (Å²) in [5, 5.41) is 36.8. The van der Waals surface area contributed by atoms with Crippen LogP contribution in [-0.2, 0) is 4.74 Å². The maximum absolute atomic E-state index is 11.6. The molecule has 1 aliphatic heterocycles. The zero-order valence-corrected chi connectivity index (χ0v) is 9.17. The zero-order chi connectivity index (χ0) is 13.3. The van der Waals surface area contributed by atoms with E-state index in [9.17, 15) is 15.0 Å². The van der Waals surface area contributed by atoms with Crippen molar-refractivity contribution in [1.82, 2.24) is 9.55 Å². The Bertz CT molecular complexity index is 478. The Morgan fingerprint density at radius 3 is 2.67 bits per heavy atom. The van der Waals surface area contributed by atoms with E-state index in [0.29, 0.717) is 0 Å². The highest BCUT2D eigenvalue weighted by atomic mass is 16.6. The molecule has 1 aliphatic rings. The number of hydrogen-bond donors (Lipinski definition) is 5. The van der Waals surface area contributed by atoms with Crippen LogP contribution in [0.2, 0.25) is 0 Å². The maximum atomic E-state index is 11.6. The highest BCUT2D eigenvalue weighted by Crippen LogP contribution is 2.27. The molecule has 0 bridgehead atoms. The molecule has 4 atom stereocenters. The molecule has 1 unspecified atom stereocenters. The number of aromatic nitrogens is 2. The Balaban J connectivity index is 2.30. The van der Waals surface area contributed by atoms with Gasteiger partial charge in [-0.1, -0.05) is 0 Å². The van der Waals surface area contributed by atoms with Gasteiger partial charge in [-0.15, -0.1) is 0 Å². The lowest BCUT2D eigenvalue weighted by molar-refractivity contribution is -0.0549. The number of aliphatic hydroxyl groups excluding tert-OH is 3. The van der Waals surface area contributed by atoms with Crippen LogP contribution in [-0.4, -0.2) is 55.0 Å². The minimum Gasteiger partial charge on any atom is -0.394 e. The average Bonchev–Trinajstić information content (AvgIpc) is 2.66. The number of nitrogens with zero attached hydrogens (tertiary/aromatic N) is 2. The number of rotatable bonds is 3. The van der Waals surface area contributed by atoms with Crippen LogP contribution in [0.25, 0.3) is 0 Å². The van der Waals surface area contributed by atoms with Gasteiger partial charge in [-0.2, -0.15) is 4.98 Å². The van der Waals surface area contributed by atoms with Gasteiger partial charge in [-0.3, -0.25) is 15.3 Å². The predicted molar refractivity (Wildman–Crippen MR) is 56.9 cm³/mol. The van der Waals surface area contributed by atoms with Gasteiger partial charge in [0, 0.05) is 6.20 Å². The molecule has 2 rings (SSSR count). The minimum atomic E-state index is -1.35. The van der Waals surface area contributed by atoms with Crippen LogP contribution in [0, 0.1) is 0 Å². The lowest BCUT2D eigenvalue weighted by Crippen LogP contribution is -2.36. The molecule has 0 aliphatic carbocycles. The predicted octanol–water partition coefficient (Wildman–Crippen LogP) is -2.34. The molecule has 0 aromatic carbocycles. The van der Waals surface area contributed by atoms with Crippen LogP contribution < -0.4 is 11.2 Å². The minimum absolute atomic E-state index is 0.0528. The average molecular weight is 259 g/mol. The summed E-state index contributed by atoms with van der Waals surface area (Å²) >= 11 is 0. The molecule has 1 fully saturated rings. The van der Waals surface area contributed by atoms with E-state index in [0.717, 1.165) is 4.57 Å². The van der Waals surface area contributed by atoms with Gasteiger partial charge < -0.3 is 20.1 Å². The van der Waals surface area contributed by atoms with Crippen LogP contribution in [0.4, 0.5) is 5.82 Å². The summed E-state index contributed by atoms with van der Waals surface area (Å²) in [4.78, 5) is 15.1. The third-order valence-corrected chi connectivity index (χ3v) is 2.74. The van der Waals surface area contributed by atoms with Crippen molar-refractivity contribution in [2.45, 2.75) is 24.5 Å². The summed E-state index contributed by atoms with van der Waals surface area (Å²) < 4.78 is 6.13. The number of hydrogen-bond acceptors (Lipinski definition) is 8. The fraction of sp³-hybridized carbons (Fsp3) is 0.556. The molecule has 2 heterocycles. The van der Waals surface area contributed by atoms with E-state index in [1.54, 1.807) is 5.48 Å². The first-order valence-electron chi connectivity index (χ1n) is 5.20. The van der Waals surface area contributed by atoms with Gasteiger partial charge in [0.2, 0.25) is 0 Å². The van der Waals surface area contributed by atoms with E-state index >= 15 is 0 Å². The summed E-state index contributed by atoms with van der Waals surface area (Å²) in [6.07, 6.45) is -3.50. The van der Waals surface area contributed by atoms with Crippen molar-refractivity contribution < 1.29 is 25.3 Å². The first kappa shape index (κ1) is 12.9. The van der Waals surface area contributed by atoms with E-state index in [-0.39, 0.29) is 5.82 Å². The van der Waals surface area contributed by atoms with Gasteiger partial charge in [0.1, 0.15) is 18.3 Å². The molecule has 1 aromatic heterocycles. The summed E-state index contributed by atoms with van der Waals surface area (Å²) in [5.41, 5.74) is 0.934. The molecular formula is C9H13N3O6. The van der Waals surface area contributed by atoms with Gasteiger partial charge in [0.25, 0.3) is 0 Å². The molecule has 18 heavy (non-hydrogen) atoms. The molecule has 1 aromatic rings. The Labute approximate surface area is 101 Å². The fourth-order valence-corrected chi connectivity index (χ4v) is 1.78. The molecule has 5 N–H and O–H groups in total. The van der Waals surface area contributed by atoms with Crippen molar-refractivity contribution in [2.75, 3.05) is 12.1 Å². The first-order chi connectivity index (χ1) is 8.58. The smallest absolute Gasteiger partial charge is 0.351 e. The second-order valence-corrected chi connectivity index (χ2v) is 3.84. The van der Waals surface area contributed by atoms with Crippen LogP contribution >= 0.6 is 0 Å². The number of anilines is 1. The first-order valence-corrected chi connectivity index (χ1v) is 5.20. The van der Waals surface area contributed by atoms with Crippen molar-refractivity contribution in [2.24, 2.45) is 0 Å². The van der Waals surface area contributed by atoms with Crippen LogP contribution in [0.5, 0.6) is 0 Å². The summed E-state index contributed by atoms with van der Waals surface area (Å²) in [6, 6.07) is 1.29. The van der Waals surface area contributed by atoms with Crippen molar-refractivity contribution >= 4 is 5.82 Å². The number of nitrogens with one attached hydrogen (secondary N) is 1. The van der Waals surface area contributed by atoms with E-state index in [1.807, 2.05) is 0 Å². The third kappa shape index (κ3) is 2.09. The molecule has 0 amide bonds. The van der Waals surface area contributed by atoms with Crippen LogP contribution in [0.15, 0.2) is 17.1 Å². The van der Waals surface area contributed by atoms with Gasteiger partial charge in [-0.05, 0) is 6.07 Å². The van der Waals surface area contributed by atoms with Gasteiger partial charge in [0.05, 0.1) is 6.61 Å². The largest absolute Gasteiger partial charge is 0.394 e. The van der Waals surface area contributed by atoms with Gasteiger partial charge >= 0.3 is 5.69 Å². The summed E-state index contributed by atoms with van der Waals surface area (Å²) in [5.74, 6) is -0.0528. The Morgan fingerprint density at radius 1 is 1.44 bits per heavy atom. The van der Waals surface area contributed by atoms with Crippen molar-refractivity contribution in [3.05, 3.63) is 22.7 Å². The quantitative estimate of drug-likeness (QED) is 0.381. The molecule has 0 saturated carbocycles. The van der Waals surface area contributed by atoms with E-state index in [1.165, 1.54) is 12.3 Å².